The van der Waals surface area contributed by atoms with Crippen molar-refractivity contribution in [1.82, 2.24) is 9.97 Å². The van der Waals surface area contributed by atoms with Crippen LogP contribution < -0.4 is 7.42 Å². The van der Waals surface area contributed by atoms with Gasteiger partial charge in [-0.3, -0.25) is 0 Å². The van der Waals surface area contributed by atoms with Crippen LogP contribution in [-0.2, 0) is 0 Å². The third-order valence-electron chi connectivity index (χ3n) is 7.77. The van der Waals surface area contributed by atoms with Crippen molar-refractivity contribution in [3.05, 3.63) is 12.4 Å². The van der Waals surface area contributed by atoms with Crippen molar-refractivity contribution in [2.45, 2.75) is 145 Å². The molecule has 0 aromatic carbocycles. The van der Waals surface area contributed by atoms with Crippen LogP contribution in [0.1, 0.15) is 119 Å². The molecule has 0 atom stereocenters. The maximum atomic E-state index is 5.76. The minimum atomic E-state index is -2.52. The van der Waals surface area contributed by atoms with Crippen molar-refractivity contribution < 1.29 is 0 Å². The van der Waals surface area contributed by atoms with Crippen LogP contribution in [0, 0.1) is 0 Å². The second-order valence-corrected chi connectivity index (χ2v) is 36.6. The van der Waals surface area contributed by atoms with E-state index in [9.17, 15) is 0 Å². The van der Waals surface area contributed by atoms with E-state index in [-0.39, 0.29) is 0 Å². The zero-order valence-electron chi connectivity index (χ0n) is 22.8. The number of hydrogen-bond acceptors (Lipinski definition) is 2. The van der Waals surface area contributed by atoms with Crippen molar-refractivity contribution in [1.29, 1.82) is 0 Å². The van der Waals surface area contributed by atoms with E-state index in [0.29, 0.717) is 0 Å². The van der Waals surface area contributed by atoms with E-state index in [4.69, 9.17) is 9.97 Å². The van der Waals surface area contributed by atoms with Crippen LogP contribution in [0.2, 0.25) is 26.6 Å². The Bertz CT molecular complexity index is 500. The van der Waals surface area contributed by atoms with Crippen LogP contribution in [0.3, 0.4) is 0 Å². The van der Waals surface area contributed by atoms with Gasteiger partial charge in [0.2, 0.25) is 0 Å². The predicted octanol–water partition coefficient (Wildman–Crippen LogP) is 8.59. The molecule has 1 aromatic rings. The molecule has 0 saturated carbocycles. The summed E-state index contributed by atoms with van der Waals surface area (Å²) in [4.78, 5) is 10.8. The molecule has 0 spiro atoms. The van der Waals surface area contributed by atoms with Crippen LogP contribution in [-0.4, -0.2) is 46.7 Å². The van der Waals surface area contributed by atoms with Crippen molar-refractivity contribution >= 4 is 44.2 Å². The molecule has 186 valence electrons. The molecule has 1 heterocycles. The first kappa shape index (κ1) is 30.7. The van der Waals surface area contributed by atoms with Crippen LogP contribution in [0.25, 0.3) is 0 Å². The first-order valence-corrected chi connectivity index (χ1v) is 29.4. The molecule has 0 N–H and O–H groups in total. The summed E-state index contributed by atoms with van der Waals surface area (Å²) in [6, 6.07) is 0. The van der Waals surface area contributed by atoms with E-state index in [1.54, 1.807) is 7.42 Å². The average molecular weight is 658 g/mol. The monoisotopic (exact) mass is 660 g/mol. The number of nitrogens with zero attached hydrogens (tertiary/aromatic N) is 2. The molecule has 0 saturated heterocycles. The Balaban J connectivity index is 3.49. The van der Waals surface area contributed by atoms with Gasteiger partial charge in [-0.05, 0) is 0 Å². The number of unbranched alkanes of at least 4 members (excludes halogenated alkanes) is 6. The summed E-state index contributed by atoms with van der Waals surface area (Å²) in [5.41, 5.74) is 0. The number of rotatable bonds is 20. The van der Waals surface area contributed by atoms with Crippen LogP contribution in [0.4, 0.5) is 0 Å². The summed E-state index contributed by atoms with van der Waals surface area (Å²) >= 11 is -5.03. The fraction of sp³-hybridized carbons (Fsp3) is 0.857. The molecule has 0 radical (unpaired) electrons. The maximum absolute atomic E-state index is 5.76. The molecule has 2 nitrogen and oxygen atoms in total. The summed E-state index contributed by atoms with van der Waals surface area (Å²) in [5.74, 6) is 0. The summed E-state index contributed by atoms with van der Waals surface area (Å²) in [6.45, 7) is 14.3. The van der Waals surface area contributed by atoms with Gasteiger partial charge in [-0.2, -0.15) is 0 Å². The molecule has 0 amide bonds. The molecule has 0 fully saturated rings. The average Bonchev–Trinajstić information content (AvgIpc) is 2.83. The standard InChI is InChI=1S/C4H2N2.6C4H9.2Sn/c1-2-6-4-3-5-1;6*1-3-4-2;;/h1,3H;6*1,3-4H2,2H3;;. The molecule has 32 heavy (non-hydrogen) atoms. The summed E-state index contributed by atoms with van der Waals surface area (Å²) in [7, 11) is 0. The minimum absolute atomic E-state index is 1.33. The van der Waals surface area contributed by atoms with Gasteiger partial charge in [0.25, 0.3) is 0 Å². The molecule has 1 aromatic heterocycles. The number of aromatic nitrogens is 2. The molecule has 0 aliphatic carbocycles. The van der Waals surface area contributed by atoms with Gasteiger partial charge in [0, 0.05) is 0 Å². The Labute approximate surface area is 210 Å². The molecular weight excluding hydrogens is 602 g/mol. The summed E-state index contributed by atoms with van der Waals surface area (Å²) < 4.78 is 12.2. The fourth-order valence-electron chi connectivity index (χ4n) is 5.49. The van der Waals surface area contributed by atoms with Gasteiger partial charge >= 0.3 is 212 Å². The van der Waals surface area contributed by atoms with E-state index in [1.165, 1.54) is 104 Å². The summed E-state index contributed by atoms with van der Waals surface area (Å²) in [6.07, 6.45) is 21.0. The van der Waals surface area contributed by atoms with Crippen LogP contribution in [0.5, 0.6) is 0 Å². The molecule has 0 aliphatic rings. The number of hydrogen-bond donors (Lipinski definition) is 0. The molecule has 0 aliphatic heterocycles. The van der Waals surface area contributed by atoms with Crippen LogP contribution >= 0.6 is 0 Å². The second-order valence-electron chi connectivity index (χ2n) is 10.5. The van der Waals surface area contributed by atoms with E-state index in [1.807, 2.05) is 0 Å². The summed E-state index contributed by atoms with van der Waals surface area (Å²) in [5, 5.41) is 0. The molecule has 1 rings (SSSR count). The normalized spacial score (nSPS) is 12.4. The Kier molecular flexibility index (Phi) is 17.3. The van der Waals surface area contributed by atoms with E-state index < -0.39 is 36.8 Å². The molecule has 0 unspecified atom stereocenters. The van der Waals surface area contributed by atoms with E-state index >= 15 is 0 Å². The third kappa shape index (κ3) is 9.74. The van der Waals surface area contributed by atoms with Crippen molar-refractivity contribution in [2.24, 2.45) is 0 Å². The van der Waals surface area contributed by atoms with Crippen LogP contribution in [0.15, 0.2) is 12.4 Å². The van der Waals surface area contributed by atoms with Gasteiger partial charge in [-0.1, -0.05) is 0 Å². The van der Waals surface area contributed by atoms with Gasteiger partial charge in [0.1, 0.15) is 0 Å². The zero-order valence-corrected chi connectivity index (χ0v) is 28.5. The quantitative estimate of drug-likeness (QED) is 0.131. The van der Waals surface area contributed by atoms with Gasteiger partial charge < -0.3 is 0 Å². The van der Waals surface area contributed by atoms with Gasteiger partial charge in [-0.15, -0.1) is 0 Å². The van der Waals surface area contributed by atoms with Gasteiger partial charge in [0.15, 0.2) is 0 Å². The molecule has 0 bridgehead atoms. The fourth-order valence-corrected chi connectivity index (χ4v) is 36.7. The predicted molar refractivity (Wildman–Crippen MR) is 151 cm³/mol. The van der Waals surface area contributed by atoms with Gasteiger partial charge in [0.05, 0.1) is 0 Å². The Morgan fingerprint density at radius 3 is 0.938 bits per heavy atom. The van der Waals surface area contributed by atoms with Crippen molar-refractivity contribution in [2.75, 3.05) is 0 Å². The first-order valence-electron chi connectivity index (χ1n) is 14.4. The Morgan fingerprint density at radius 1 is 0.469 bits per heavy atom. The third-order valence-corrected chi connectivity index (χ3v) is 37.8. The second kappa shape index (κ2) is 18.0. The Morgan fingerprint density at radius 2 is 0.719 bits per heavy atom. The SMILES string of the molecule is CCC[CH2][Sn]([CH2]CCC)([CH2]CCC)[c]1cnc[c]([Sn]([CH2]CCC)([CH2]CCC)[CH2]CCC)n1. The zero-order chi connectivity index (χ0) is 23.7. The van der Waals surface area contributed by atoms with Crippen molar-refractivity contribution in [3.63, 3.8) is 0 Å². The first-order chi connectivity index (χ1) is 15.6. The van der Waals surface area contributed by atoms with Crippen molar-refractivity contribution in [3.8, 4) is 0 Å². The van der Waals surface area contributed by atoms with Gasteiger partial charge in [-0.25, -0.2) is 0 Å². The topological polar surface area (TPSA) is 25.8 Å². The van der Waals surface area contributed by atoms with E-state index in [0.717, 1.165) is 0 Å². The molecule has 4 heteroatoms. The Hall–Kier alpha value is 0.677. The molecular formula is C28H56N2Sn2. The van der Waals surface area contributed by atoms with E-state index in [2.05, 4.69) is 53.9 Å².